The van der Waals surface area contributed by atoms with E-state index in [9.17, 15) is 4.79 Å². The molecule has 0 aromatic carbocycles. The highest BCUT2D eigenvalue weighted by molar-refractivity contribution is 6.56. The van der Waals surface area contributed by atoms with Crippen molar-refractivity contribution in [2.24, 2.45) is 5.92 Å². The van der Waals surface area contributed by atoms with Gasteiger partial charge < -0.3 is 4.90 Å². The predicted molar refractivity (Wildman–Crippen MR) is 49.4 cm³/mol. The van der Waals surface area contributed by atoms with Gasteiger partial charge in [-0.25, -0.2) is 0 Å². The Balaban J connectivity index is 2.42. The van der Waals surface area contributed by atoms with E-state index in [2.05, 4.69) is 13.1 Å². The number of hydrogen-bond donors (Lipinski definition) is 0. The lowest BCUT2D eigenvalue weighted by molar-refractivity contribution is -0.129. The molecule has 0 aromatic heterocycles. The van der Waals surface area contributed by atoms with E-state index >= 15 is 0 Å². The van der Waals surface area contributed by atoms with Crippen molar-refractivity contribution >= 4 is 14.7 Å². The summed E-state index contributed by atoms with van der Waals surface area (Å²) in [5, 5.41) is 0. The molecule has 64 valence electrons. The number of amides is 1. The highest BCUT2D eigenvalue weighted by Gasteiger charge is 2.29. The monoisotopic (exact) mass is 171 g/mol. The molecule has 1 rings (SSSR count). The van der Waals surface area contributed by atoms with Gasteiger partial charge in [-0.3, -0.25) is 4.79 Å². The van der Waals surface area contributed by atoms with Crippen LogP contribution in [0.5, 0.6) is 0 Å². The van der Waals surface area contributed by atoms with Crippen LogP contribution in [0.15, 0.2) is 0 Å². The second-order valence-corrected chi connectivity index (χ2v) is 7.13. The number of nitrogens with zero attached hydrogens (tertiary/aromatic N) is 1. The standard InChI is InChI=1S/C8H17NOSi/c1-9-5-4-7(8(9)10)6-11(2)3/h7,11H,4-6H2,1-3H3. The summed E-state index contributed by atoms with van der Waals surface area (Å²) in [6.07, 6.45) is 1.10. The smallest absolute Gasteiger partial charge is 0.225 e. The average molecular weight is 171 g/mol. The van der Waals surface area contributed by atoms with Crippen LogP contribution in [0.2, 0.25) is 19.1 Å². The fourth-order valence-corrected chi connectivity index (χ4v) is 3.26. The molecule has 0 bridgehead atoms. The minimum Gasteiger partial charge on any atom is -0.346 e. The van der Waals surface area contributed by atoms with Crippen LogP contribution in [0.1, 0.15) is 6.42 Å². The van der Waals surface area contributed by atoms with Gasteiger partial charge in [0, 0.05) is 28.3 Å². The van der Waals surface area contributed by atoms with Crippen LogP contribution in [-0.4, -0.2) is 33.2 Å². The van der Waals surface area contributed by atoms with Gasteiger partial charge in [0.1, 0.15) is 0 Å². The fraction of sp³-hybridized carbons (Fsp3) is 0.875. The van der Waals surface area contributed by atoms with Gasteiger partial charge in [-0.1, -0.05) is 13.1 Å². The molecule has 11 heavy (non-hydrogen) atoms. The summed E-state index contributed by atoms with van der Waals surface area (Å²) >= 11 is 0. The molecule has 0 aliphatic carbocycles. The quantitative estimate of drug-likeness (QED) is 0.567. The zero-order valence-corrected chi connectivity index (χ0v) is 8.79. The van der Waals surface area contributed by atoms with Crippen LogP contribution in [0.25, 0.3) is 0 Å². The summed E-state index contributed by atoms with van der Waals surface area (Å²) in [5.41, 5.74) is 0. The molecule has 0 saturated carbocycles. The molecule has 0 aromatic rings. The molecule has 1 amide bonds. The van der Waals surface area contributed by atoms with E-state index < -0.39 is 8.80 Å². The minimum absolute atomic E-state index is 0.381. The van der Waals surface area contributed by atoms with Crippen LogP contribution >= 0.6 is 0 Å². The third kappa shape index (κ3) is 2.06. The average Bonchev–Trinajstić information content (AvgIpc) is 2.18. The number of carbonyl (C=O) groups excluding carboxylic acids is 1. The van der Waals surface area contributed by atoms with Gasteiger partial charge in [0.05, 0.1) is 0 Å². The Morgan fingerprint density at radius 3 is 2.64 bits per heavy atom. The largest absolute Gasteiger partial charge is 0.346 e. The third-order valence-electron chi connectivity index (χ3n) is 2.29. The summed E-state index contributed by atoms with van der Waals surface area (Å²) in [4.78, 5) is 13.3. The summed E-state index contributed by atoms with van der Waals surface area (Å²) in [6, 6.07) is 1.20. The fourth-order valence-electron chi connectivity index (χ4n) is 1.68. The minimum atomic E-state index is -0.537. The summed E-state index contributed by atoms with van der Waals surface area (Å²) in [6.45, 7) is 5.60. The van der Waals surface area contributed by atoms with E-state index in [0.717, 1.165) is 13.0 Å². The molecule has 1 aliphatic rings. The van der Waals surface area contributed by atoms with Gasteiger partial charge in [0.15, 0.2) is 0 Å². The second-order valence-electron chi connectivity index (χ2n) is 3.87. The predicted octanol–water partition coefficient (Wildman–Crippen LogP) is 0.951. The van der Waals surface area contributed by atoms with Crippen molar-refractivity contribution in [3.05, 3.63) is 0 Å². The van der Waals surface area contributed by atoms with Crippen LogP contribution in [0.4, 0.5) is 0 Å². The van der Waals surface area contributed by atoms with E-state index in [0.29, 0.717) is 11.8 Å². The first-order valence-electron chi connectivity index (χ1n) is 4.36. The maximum atomic E-state index is 11.4. The third-order valence-corrected chi connectivity index (χ3v) is 3.81. The van der Waals surface area contributed by atoms with E-state index in [-0.39, 0.29) is 0 Å². The van der Waals surface area contributed by atoms with Crippen LogP contribution < -0.4 is 0 Å². The van der Waals surface area contributed by atoms with Crippen molar-refractivity contribution in [2.45, 2.75) is 25.6 Å². The maximum absolute atomic E-state index is 11.4. The van der Waals surface area contributed by atoms with E-state index in [1.807, 2.05) is 11.9 Å². The number of rotatable bonds is 2. The molecule has 1 atom stereocenters. The van der Waals surface area contributed by atoms with Gasteiger partial charge in [-0.15, -0.1) is 0 Å². The van der Waals surface area contributed by atoms with Crippen LogP contribution in [0, 0.1) is 5.92 Å². The molecule has 3 heteroatoms. The number of hydrogen-bond acceptors (Lipinski definition) is 1. The van der Waals surface area contributed by atoms with E-state index in [1.165, 1.54) is 6.04 Å². The molecule has 0 radical (unpaired) electrons. The Bertz CT molecular complexity index is 158. The Morgan fingerprint density at radius 1 is 1.64 bits per heavy atom. The molecule has 1 saturated heterocycles. The van der Waals surface area contributed by atoms with Crippen molar-refractivity contribution < 1.29 is 4.79 Å². The molecule has 1 heterocycles. The number of carbonyl (C=O) groups is 1. The Morgan fingerprint density at radius 2 is 2.27 bits per heavy atom. The first kappa shape index (κ1) is 8.78. The van der Waals surface area contributed by atoms with E-state index in [4.69, 9.17) is 0 Å². The first-order chi connectivity index (χ1) is 5.11. The molecule has 0 N–H and O–H groups in total. The lowest BCUT2D eigenvalue weighted by Gasteiger charge is -2.10. The van der Waals surface area contributed by atoms with Crippen molar-refractivity contribution in [1.29, 1.82) is 0 Å². The zero-order valence-electron chi connectivity index (χ0n) is 7.63. The molecule has 1 unspecified atom stereocenters. The topological polar surface area (TPSA) is 20.3 Å². The number of likely N-dealkylation sites (tertiary alicyclic amines) is 1. The molecule has 0 spiro atoms. The summed E-state index contributed by atoms with van der Waals surface area (Å²) < 4.78 is 0. The van der Waals surface area contributed by atoms with Crippen molar-refractivity contribution in [2.75, 3.05) is 13.6 Å². The molecule has 2 nitrogen and oxygen atoms in total. The molecular formula is C8H17NOSi. The highest BCUT2D eigenvalue weighted by Crippen LogP contribution is 2.21. The van der Waals surface area contributed by atoms with Gasteiger partial charge in [-0.05, 0) is 12.5 Å². The van der Waals surface area contributed by atoms with Crippen LogP contribution in [-0.2, 0) is 4.79 Å². The summed E-state index contributed by atoms with van der Waals surface area (Å²) in [5.74, 6) is 0.762. The van der Waals surface area contributed by atoms with Crippen molar-refractivity contribution in [1.82, 2.24) is 4.90 Å². The van der Waals surface area contributed by atoms with E-state index in [1.54, 1.807) is 0 Å². The Hall–Kier alpha value is -0.313. The SMILES string of the molecule is CN1CCC(C[SiH](C)C)C1=O. The lowest BCUT2D eigenvalue weighted by atomic mass is 10.1. The highest BCUT2D eigenvalue weighted by atomic mass is 28.3. The normalized spacial score (nSPS) is 25.3. The Labute approximate surface area is 70.2 Å². The lowest BCUT2D eigenvalue weighted by Crippen LogP contribution is -2.24. The van der Waals surface area contributed by atoms with Crippen molar-refractivity contribution in [3.63, 3.8) is 0 Å². The maximum Gasteiger partial charge on any atom is 0.225 e. The van der Waals surface area contributed by atoms with Crippen LogP contribution in [0.3, 0.4) is 0 Å². The summed E-state index contributed by atoms with van der Waals surface area (Å²) in [7, 11) is 1.37. The molecule has 1 fully saturated rings. The van der Waals surface area contributed by atoms with Gasteiger partial charge in [0.2, 0.25) is 5.91 Å². The zero-order chi connectivity index (χ0) is 8.43. The van der Waals surface area contributed by atoms with Gasteiger partial charge in [-0.2, -0.15) is 0 Å². The molecule has 1 aliphatic heterocycles. The van der Waals surface area contributed by atoms with Gasteiger partial charge >= 0.3 is 0 Å². The Kier molecular flexibility index (Phi) is 2.71. The van der Waals surface area contributed by atoms with Gasteiger partial charge in [0.25, 0.3) is 0 Å². The second kappa shape index (κ2) is 3.39. The molecular weight excluding hydrogens is 154 g/mol. The first-order valence-corrected chi connectivity index (χ1v) is 7.49. The van der Waals surface area contributed by atoms with Crippen molar-refractivity contribution in [3.8, 4) is 0 Å².